The molecule has 0 radical (unpaired) electrons. The molecule has 1 saturated heterocycles. The van der Waals surface area contributed by atoms with Crippen molar-refractivity contribution in [3.05, 3.63) is 77.2 Å². The third-order valence-electron chi connectivity index (χ3n) is 5.46. The van der Waals surface area contributed by atoms with Gasteiger partial charge in [0.25, 0.3) is 5.91 Å². The Morgan fingerprint density at radius 2 is 1.87 bits per heavy atom. The molecule has 1 fully saturated rings. The number of hydrogen-bond acceptors (Lipinski definition) is 5. The van der Waals surface area contributed by atoms with Crippen molar-refractivity contribution in [1.29, 1.82) is 0 Å². The molecule has 3 aromatic rings. The number of thioether (sulfide) groups is 2. The first kappa shape index (κ1) is 19.5. The normalized spacial score (nSPS) is 17.8. The maximum atomic E-state index is 13.8. The second kappa shape index (κ2) is 7.96. The number of benzene rings is 1. The molecule has 7 heteroatoms. The minimum atomic E-state index is -0.667. The Hall–Kier alpha value is -2.51. The van der Waals surface area contributed by atoms with E-state index in [1.165, 1.54) is 0 Å². The van der Waals surface area contributed by atoms with E-state index in [4.69, 9.17) is 0 Å². The molecule has 5 rings (SSSR count). The van der Waals surface area contributed by atoms with Crippen LogP contribution in [0.3, 0.4) is 0 Å². The molecule has 1 aromatic carbocycles. The van der Waals surface area contributed by atoms with Crippen LogP contribution in [0.5, 0.6) is 0 Å². The van der Waals surface area contributed by atoms with Crippen molar-refractivity contribution >= 4 is 35.2 Å². The largest absolute Gasteiger partial charge is 0.358 e. The molecule has 0 spiro atoms. The van der Waals surface area contributed by atoms with Crippen LogP contribution in [0.2, 0.25) is 0 Å². The van der Waals surface area contributed by atoms with Crippen molar-refractivity contribution in [1.82, 2.24) is 15.3 Å². The van der Waals surface area contributed by atoms with E-state index in [0.717, 1.165) is 46.9 Å². The molecular formula is C23H21N3O2S2. The number of carbonyl (C=O) groups is 2. The number of aromatic nitrogens is 2. The minimum absolute atomic E-state index is 0.0271. The van der Waals surface area contributed by atoms with E-state index in [1.54, 1.807) is 29.7 Å². The van der Waals surface area contributed by atoms with Crippen molar-refractivity contribution in [3.8, 4) is 11.3 Å². The monoisotopic (exact) mass is 435 g/mol. The van der Waals surface area contributed by atoms with Crippen LogP contribution in [-0.4, -0.2) is 39.7 Å². The molecule has 0 saturated carbocycles. The molecule has 0 bridgehead atoms. The zero-order chi connectivity index (χ0) is 20.6. The van der Waals surface area contributed by atoms with Gasteiger partial charge in [-0.15, -0.1) is 23.5 Å². The number of nitrogens with zero attached hydrogens (tertiary/aromatic N) is 1. The number of Topliss-reactive ketones (excluding diaryl/α,β-unsaturated/α-hetero) is 1. The predicted molar refractivity (Wildman–Crippen MR) is 122 cm³/mol. The number of aromatic amines is 1. The quantitative estimate of drug-likeness (QED) is 0.599. The summed E-state index contributed by atoms with van der Waals surface area (Å²) in [6.07, 6.45) is 3.56. The zero-order valence-electron chi connectivity index (χ0n) is 16.3. The molecule has 2 aromatic heterocycles. The molecule has 30 heavy (non-hydrogen) atoms. The Balaban J connectivity index is 1.53. The van der Waals surface area contributed by atoms with Gasteiger partial charge in [0.2, 0.25) is 5.78 Å². The number of nitrogens with one attached hydrogen (secondary N) is 2. The van der Waals surface area contributed by atoms with Gasteiger partial charge < -0.3 is 10.3 Å². The molecule has 2 N–H and O–H groups in total. The number of carbonyl (C=O) groups excluding carboxylic acids is 2. The van der Waals surface area contributed by atoms with Crippen molar-refractivity contribution in [2.45, 2.75) is 16.9 Å². The van der Waals surface area contributed by atoms with Gasteiger partial charge in [0.1, 0.15) is 5.69 Å². The molecular weight excluding hydrogens is 414 g/mol. The summed E-state index contributed by atoms with van der Waals surface area (Å²) in [6.45, 7) is 0.639. The highest BCUT2D eigenvalue weighted by molar-refractivity contribution is 8.19. The maximum absolute atomic E-state index is 13.8. The number of ketones is 1. The number of fused-ring (bicyclic) bond motifs is 1. The lowest BCUT2D eigenvalue weighted by atomic mass is 10.0. The highest BCUT2D eigenvalue weighted by Gasteiger charge is 2.44. The molecule has 2 aliphatic rings. The van der Waals surface area contributed by atoms with Gasteiger partial charge in [-0.1, -0.05) is 30.3 Å². The fraction of sp³-hybridized carbons (Fsp3) is 0.261. The van der Waals surface area contributed by atoms with Gasteiger partial charge in [-0.3, -0.25) is 14.6 Å². The first-order valence-corrected chi connectivity index (χ1v) is 12.0. The number of H-pyrrole nitrogens is 1. The number of hydrogen-bond donors (Lipinski definition) is 2. The van der Waals surface area contributed by atoms with Gasteiger partial charge in [0, 0.05) is 36.1 Å². The van der Waals surface area contributed by atoms with E-state index in [2.05, 4.69) is 15.3 Å². The lowest BCUT2D eigenvalue weighted by Crippen LogP contribution is -2.33. The molecule has 152 valence electrons. The Morgan fingerprint density at radius 3 is 2.63 bits per heavy atom. The lowest BCUT2D eigenvalue weighted by molar-refractivity contribution is 0.0943. The number of pyridine rings is 1. The maximum Gasteiger partial charge on any atom is 0.253 e. The van der Waals surface area contributed by atoms with Gasteiger partial charge in [-0.2, -0.15) is 0 Å². The van der Waals surface area contributed by atoms with E-state index >= 15 is 0 Å². The van der Waals surface area contributed by atoms with Crippen LogP contribution in [0.25, 0.3) is 11.3 Å². The van der Waals surface area contributed by atoms with Crippen LogP contribution in [0.1, 0.15) is 38.5 Å². The Bertz CT molecular complexity index is 1100. The topological polar surface area (TPSA) is 74.8 Å². The predicted octanol–water partition coefficient (Wildman–Crippen LogP) is 4.27. The Morgan fingerprint density at radius 1 is 1.07 bits per heavy atom. The van der Waals surface area contributed by atoms with Crippen LogP contribution in [0, 0.1) is 0 Å². The smallest absolute Gasteiger partial charge is 0.253 e. The molecule has 1 amide bonds. The van der Waals surface area contributed by atoms with Gasteiger partial charge in [-0.25, -0.2) is 0 Å². The highest BCUT2D eigenvalue weighted by atomic mass is 32.2. The summed E-state index contributed by atoms with van der Waals surface area (Å²) in [5.74, 6) is 1.87. The SMILES string of the molecule is O=C1NCCc2[nH]c(-c3ccnc(C(=O)C4(c5ccccc5)SCCCS4)c3)cc21. The van der Waals surface area contributed by atoms with Gasteiger partial charge in [-0.05, 0) is 41.7 Å². The summed E-state index contributed by atoms with van der Waals surface area (Å²) in [5, 5.41) is 2.87. The van der Waals surface area contributed by atoms with Crippen LogP contribution in [0.4, 0.5) is 0 Å². The highest BCUT2D eigenvalue weighted by Crippen LogP contribution is 2.52. The third-order valence-corrected chi connectivity index (χ3v) is 8.81. The molecule has 0 atom stereocenters. The van der Waals surface area contributed by atoms with E-state index < -0.39 is 4.08 Å². The fourth-order valence-electron chi connectivity index (χ4n) is 3.96. The average Bonchev–Trinajstić information content (AvgIpc) is 3.26. The Labute approximate surface area is 183 Å². The van der Waals surface area contributed by atoms with Gasteiger partial charge in [0.15, 0.2) is 4.08 Å². The van der Waals surface area contributed by atoms with Crippen molar-refractivity contribution in [2.24, 2.45) is 0 Å². The second-order valence-corrected chi connectivity index (χ2v) is 10.3. The standard InChI is InChI=1S/C23H21N3O2S2/c27-21(23(29-11-4-12-30-23)16-5-2-1-3-6-16)20-13-15(7-9-24-20)19-14-17-18(26-19)8-10-25-22(17)28/h1-3,5-7,9,13-14,26H,4,8,10-12H2,(H,25,28). The fourth-order valence-corrected chi connectivity index (χ4v) is 7.20. The molecule has 4 heterocycles. The first-order chi connectivity index (χ1) is 14.7. The Kier molecular flexibility index (Phi) is 5.16. The van der Waals surface area contributed by atoms with Crippen molar-refractivity contribution in [3.63, 3.8) is 0 Å². The third kappa shape index (κ3) is 3.36. The average molecular weight is 436 g/mol. The summed E-state index contributed by atoms with van der Waals surface area (Å²) in [7, 11) is 0. The minimum Gasteiger partial charge on any atom is -0.358 e. The zero-order valence-corrected chi connectivity index (χ0v) is 17.9. The van der Waals surface area contributed by atoms with E-state index in [1.807, 2.05) is 48.5 Å². The van der Waals surface area contributed by atoms with Gasteiger partial charge >= 0.3 is 0 Å². The lowest BCUT2D eigenvalue weighted by Gasteiger charge is -2.34. The molecule has 2 aliphatic heterocycles. The van der Waals surface area contributed by atoms with Crippen LogP contribution < -0.4 is 5.32 Å². The van der Waals surface area contributed by atoms with E-state index in [0.29, 0.717) is 17.8 Å². The first-order valence-electron chi connectivity index (χ1n) is 10.0. The van der Waals surface area contributed by atoms with Crippen LogP contribution >= 0.6 is 23.5 Å². The second-order valence-electron chi connectivity index (χ2n) is 7.37. The van der Waals surface area contributed by atoms with E-state index in [-0.39, 0.29) is 11.7 Å². The van der Waals surface area contributed by atoms with Crippen LogP contribution in [0.15, 0.2) is 54.7 Å². The molecule has 0 aliphatic carbocycles. The number of rotatable bonds is 4. The summed E-state index contributed by atoms with van der Waals surface area (Å²) in [4.78, 5) is 33.7. The summed E-state index contributed by atoms with van der Waals surface area (Å²) >= 11 is 3.41. The summed E-state index contributed by atoms with van der Waals surface area (Å²) in [6, 6.07) is 15.6. The van der Waals surface area contributed by atoms with Crippen LogP contribution in [-0.2, 0) is 10.5 Å². The molecule has 0 unspecified atom stereocenters. The van der Waals surface area contributed by atoms with Crippen molar-refractivity contribution in [2.75, 3.05) is 18.1 Å². The molecule has 5 nitrogen and oxygen atoms in total. The van der Waals surface area contributed by atoms with Gasteiger partial charge in [0.05, 0.1) is 5.56 Å². The van der Waals surface area contributed by atoms with E-state index in [9.17, 15) is 9.59 Å². The summed E-state index contributed by atoms with van der Waals surface area (Å²) < 4.78 is -0.667. The van der Waals surface area contributed by atoms with Crippen molar-refractivity contribution < 1.29 is 9.59 Å². The summed E-state index contributed by atoms with van der Waals surface area (Å²) in [5.41, 5.74) is 4.80. The number of amides is 1.